The van der Waals surface area contributed by atoms with Crippen LogP contribution in [0, 0.1) is 0 Å². The van der Waals surface area contributed by atoms with E-state index >= 15 is 0 Å². The van der Waals surface area contributed by atoms with Gasteiger partial charge in [0.1, 0.15) is 0 Å². The van der Waals surface area contributed by atoms with Crippen molar-refractivity contribution in [3.8, 4) is 0 Å². The highest BCUT2D eigenvalue weighted by Crippen LogP contribution is 2.38. The van der Waals surface area contributed by atoms with E-state index in [0.29, 0.717) is 0 Å². The minimum atomic E-state index is -5.06. The number of hydrogen-bond donors (Lipinski definition) is 0. The predicted octanol–water partition coefficient (Wildman–Crippen LogP) is 0.510. The molecule has 0 amide bonds. The highest BCUT2D eigenvalue weighted by atomic mass is 32.5. The summed E-state index contributed by atoms with van der Waals surface area (Å²) in [5.74, 6) is 0. The van der Waals surface area contributed by atoms with Crippen LogP contribution in [0.5, 0.6) is 0 Å². The van der Waals surface area contributed by atoms with E-state index in [4.69, 9.17) is 4.89 Å². The van der Waals surface area contributed by atoms with Gasteiger partial charge in [-0.3, -0.25) is 0 Å². The Hall–Kier alpha value is 0.470. The molecular weight excluding hydrogens is 117 g/mol. The van der Waals surface area contributed by atoms with Gasteiger partial charge in [-0.1, -0.05) is 0 Å². The maximum atomic E-state index is 10.4. The van der Waals surface area contributed by atoms with Gasteiger partial charge in [-0.25, -0.2) is 0 Å². The molecule has 0 saturated heterocycles. The van der Waals surface area contributed by atoms with Crippen LogP contribution in [-0.4, -0.2) is 0 Å². The molecule has 0 aromatic rings. The van der Waals surface area contributed by atoms with Crippen molar-refractivity contribution in [2.24, 2.45) is 0 Å². The Bertz CT molecular complexity index is 55.8. The highest BCUT2D eigenvalue weighted by Gasteiger charge is 1.84. The fourth-order valence-electron chi connectivity index (χ4n) is 0. The molecule has 5 heteroatoms. The van der Waals surface area contributed by atoms with Crippen LogP contribution in [0.3, 0.4) is 0 Å². The van der Waals surface area contributed by atoms with Crippen molar-refractivity contribution >= 4 is 18.7 Å². The summed E-state index contributed by atoms with van der Waals surface area (Å²) in [4.78, 5) is 8.70. The first-order valence-corrected chi connectivity index (χ1v) is 3.21. The molecule has 0 aliphatic rings. The third kappa shape index (κ3) is 123. The lowest BCUT2D eigenvalue weighted by Gasteiger charge is -1.99. The van der Waals surface area contributed by atoms with Gasteiger partial charge in [0.15, 0.2) is 0 Å². The van der Waals surface area contributed by atoms with Crippen molar-refractivity contribution in [2.45, 2.75) is 0 Å². The predicted molar refractivity (Wildman–Crippen MR) is 16.5 cm³/mol. The van der Waals surface area contributed by atoms with E-state index in [1.54, 1.807) is 0 Å². The van der Waals surface area contributed by atoms with Gasteiger partial charge in [-0.2, -0.15) is 8.39 Å². The van der Waals surface area contributed by atoms with Crippen molar-refractivity contribution < 1.29 is 13.3 Å². The van der Waals surface area contributed by atoms with Crippen LogP contribution in [0.15, 0.2) is 0 Å². The molecule has 0 heterocycles. The number of rotatable bonds is 0. The van der Waals surface area contributed by atoms with Crippen molar-refractivity contribution in [1.82, 2.24) is 0 Å². The second-order valence-corrected chi connectivity index (χ2v) is 2.52. The Balaban J connectivity index is 3.47. The first-order valence-electron chi connectivity index (χ1n) is 0.703. The largest absolute Gasteiger partial charge is 0.772 e. The Kier molecular flexibility index (Phi) is 1.41. The van der Waals surface area contributed by atoms with Gasteiger partial charge in [0.2, 0.25) is 6.89 Å². The van der Waals surface area contributed by atoms with E-state index in [2.05, 4.69) is 11.8 Å². The molecule has 32 valence electrons. The topological polar surface area (TPSA) is 23.1 Å². The first kappa shape index (κ1) is 5.47. The number of hydrogen-bond acceptors (Lipinski definition) is 2. The van der Waals surface area contributed by atoms with Gasteiger partial charge in [-0.05, 0) is 11.8 Å². The Morgan fingerprint density at radius 3 is 1.60 bits per heavy atom. The molecule has 0 aromatic heterocycles. The lowest BCUT2D eigenvalue weighted by molar-refractivity contribution is -0.182. The molecule has 0 aliphatic carbocycles. The quantitative estimate of drug-likeness (QED) is 0.431. The van der Waals surface area contributed by atoms with Crippen molar-refractivity contribution in [1.29, 1.82) is 0 Å². The van der Waals surface area contributed by atoms with E-state index in [-0.39, 0.29) is 0 Å². The van der Waals surface area contributed by atoms with Gasteiger partial charge >= 0.3 is 0 Å². The third-order valence-corrected chi connectivity index (χ3v) is 0. The average molecular weight is 117 g/mol. The maximum Gasteiger partial charge on any atom is 0.210 e. The van der Waals surface area contributed by atoms with Gasteiger partial charge in [0.25, 0.3) is 0 Å². The summed E-state index contributed by atoms with van der Waals surface area (Å²) in [7, 11) is 0. The van der Waals surface area contributed by atoms with Gasteiger partial charge in [-0.15, -0.1) is 0 Å². The van der Waals surface area contributed by atoms with E-state index in [1.165, 1.54) is 0 Å². The minimum absolute atomic E-state index is 3.05. The van der Waals surface area contributed by atoms with Gasteiger partial charge in [0, 0.05) is 0 Å². The minimum Gasteiger partial charge on any atom is -0.772 e. The average Bonchev–Trinajstić information content (AvgIpc) is 0.722. The van der Waals surface area contributed by atoms with E-state index in [0.717, 1.165) is 0 Å². The monoisotopic (exact) mass is 117 g/mol. The summed E-state index contributed by atoms with van der Waals surface area (Å²) < 4.78 is 20.8. The summed E-state index contributed by atoms with van der Waals surface area (Å²) in [5, 5.41) is 0. The summed E-state index contributed by atoms with van der Waals surface area (Å²) >= 11 is 3.05. The van der Waals surface area contributed by atoms with E-state index < -0.39 is 6.89 Å². The Labute approximate surface area is 33.0 Å². The smallest absolute Gasteiger partial charge is 0.210 e. The van der Waals surface area contributed by atoms with Gasteiger partial charge in [0.05, 0.1) is 0 Å². The molecule has 1 nitrogen and oxygen atoms in total. The summed E-state index contributed by atoms with van der Waals surface area (Å²) in [6, 6.07) is 0. The first-order chi connectivity index (χ1) is 2.00. The molecular formula is F2OPS-. The Morgan fingerprint density at radius 2 is 1.60 bits per heavy atom. The zero-order chi connectivity index (χ0) is 4.50. The fourth-order valence-corrected chi connectivity index (χ4v) is 0. The van der Waals surface area contributed by atoms with E-state index in [9.17, 15) is 8.39 Å². The lowest BCUT2D eigenvalue weighted by atomic mass is 15.9. The van der Waals surface area contributed by atoms with Crippen molar-refractivity contribution in [3.05, 3.63) is 0 Å². The van der Waals surface area contributed by atoms with E-state index in [1.807, 2.05) is 0 Å². The zero-order valence-corrected chi connectivity index (χ0v) is 3.73. The summed E-state index contributed by atoms with van der Waals surface area (Å²) in [5.41, 5.74) is 0. The molecule has 0 spiro atoms. The van der Waals surface area contributed by atoms with Crippen LogP contribution in [0.1, 0.15) is 0 Å². The molecule has 0 bridgehead atoms. The second kappa shape index (κ2) is 1.29. The van der Waals surface area contributed by atoms with Crippen molar-refractivity contribution in [3.63, 3.8) is 0 Å². The maximum absolute atomic E-state index is 10.4. The molecule has 0 saturated carbocycles. The SMILES string of the molecule is [O-]P(F)(F)=S. The van der Waals surface area contributed by atoms with Crippen molar-refractivity contribution in [2.75, 3.05) is 0 Å². The molecule has 0 N–H and O–H groups in total. The summed E-state index contributed by atoms with van der Waals surface area (Å²) in [6.07, 6.45) is 0. The standard InChI is InChI=1S/F2HOPS/c1-4(2,3)5/h(H,3,5)/p-1. The Morgan fingerprint density at radius 1 is 1.60 bits per heavy atom. The van der Waals surface area contributed by atoms with Crippen LogP contribution < -0.4 is 4.89 Å². The third-order valence-electron chi connectivity index (χ3n) is 0. The van der Waals surface area contributed by atoms with Crippen LogP contribution in [0.25, 0.3) is 0 Å². The van der Waals surface area contributed by atoms with Crippen LogP contribution >= 0.6 is 6.89 Å². The van der Waals surface area contributed by atoms with Crippen LogP contribution in [-0.2, 0) is 11.8 Å². The molecule has 0 fully saturated rings. The molecule has 0 atom stereocenters. The molecule has 5 heavy (non-hydrogen) atoms. The lowest BCUT2D eigenvalue weighted by Crippen LogP contribution is -1.84. The molecule has 0 unspecified atom stereocenters. The normalized spacial score (nSPS) is 11.8. The fraction of sp³-hybridized carbons (Fsp3) is 0. The highest BCUT2D eigenvalue weighted by molar-refractivity contribution is 8.06. The molecule has 0 aromatic carbocycles. The zero-order valence-electron chi connectivity index (χ0n) is 2.02. The van der Waals surface area contributed by atoms with Crippen LogP contribution in [0.2, 0.25) is 0 Å². The van der Waals surface area contributed by atoms with Crippen LogP contribution in [0.4, 0.5) is 8.39 Å². The van der Waals surface area contributed by atoms with Gasteiger partial charge < -0.3 is 4.89 Å². The second-order valence-electron chi connectivity index (χ2n) is 0.414. The number of halogens is 2. The molecule has 0 radical (unpaired) electrons. The summed E-state index contributed by atoms with van der Waals surface area (Å²) in [6.45, 7) is -5.06. The molecule has 0 rings (SSSR count). The molecule has 0 aliphatic heterocycles.